The van der Waals surface area contributed by atoms with E-state index in [1.165, 1.54) is 4.90 Å². The molecule has 1 aliphatic carbocycles. The van der Waals surface area contributed by atoms with Gasteiger partial charge in [-0.1, -0.05) is 23.7 Å². The Hall–Kier alpha value is -1.75. The summed E-state index contributed by atoms with van der Waals surface area (Å²) in [5.74, 6) is -1.09. The highest BCUT2D eigenvalue weighted by Crippen LogP contribution is 2.37. The van der Waals surface area contributed by atoms with Crippen molar-refractivity contribution in [3.05, 3.63) is 34.3 Å². The molecule has 1 aromatic carbocycles. The number of rotatable bonds is 4. The van der Waals surface area contributed by atoms with Gasteiger partial charge in [-0.3, -0.25) is 4.90 Å². The monoisotopic (exact) mass is 339 g/mol. The van der Waals surface area contributed by atoms with Crippen LogP contribution in [-0.2, 0) is 9.53 Å². The number of aryl methyl sites for hydroxylation is 1. The Morgan fingerprint density at radius 3 is 2.39 bits per heavy atom. The van der Waals surface area contributed by atoms with E-state index in [2.05, 4.69) is 0 Å². The van der Waals surface area contributed by atoms with E-state index in [9.17, 15) is 14.7 Å². The Kier molecular flexibility index (Phi) is 4.90. The van der Waals surface area contributed by atoms with Gasteiger partial charge in [0.05, 0.1) is 0 Å². The number of carboxylic acids is 1. The Morgan fingerprint density at radius 2 is 1.96 bits per heavy atom. The van der Waals surface area contributed by atoms with E-state index in [-0.39, 0.29) is 6.04 Å². The van der Waals surface area contributed by atoms with Crippen LogP contribution in [0.15, 0.2) is 18.2 Å². The van der Waals surface area contributed by atoms with Crippen LogP contribution >= 0.6 is 11.6 Å². The highest BCUT2D eigenvalue weighted by atomic mass is 35.5. The summed E-state index contributed by atoms with van der Waals surface area (Å²) in [5, 5.41) is 10.2. The summed E-state index contributed by atoms with van der Waals surface area (Å²) in [6, 6.07) is 3.85. The predicted octanol–water partition coefficient (Wildman–Crippen LogP) is 4.17. The molecule has 2 rings (SSSR count). The number of halogens is 1. The molecule has 1 atom stereocenters. The summed E-state index contributed by atoms with van der Waals surface area (Å²) < 4.78 is 5.40. The molecule has 0 radical (unpaired) electrons. The van der Waals surface area contributed by atoms with Crippen LogP contribution in [0.3, 0.4) is 0 Å². The number of aliphatic carboxylic acids is 1. The second-order valence-corrected chi connectivity index (χ2v) is 7.28. The standard InChI is InChI=1S/C17H22ClNO4/c1-10-5-6-11(9-13(10)18)14(15(20)21)19(12-7-8-12)16(22)23-17(2,3)4/h5-6,9,12,14H,7-8H2,1-4H3,(H,20,21). The van der Waals surface area contributed by atoms with Gasteiger partial charge in [-0.25, -0.2) is 9.59 Å². The van der Waals surface area contributed by atoms with Gasteiger partial charge in [-0.05, 0) is 57.7 Å². The largest absolute Gasteiger partial charge is 0.479 e. The van der Waals surface area contributed by atoms with Gasteiger partial charge in [-0.15, -0.1) is 0 Å². The zero-order chi connectivity index (χ0) is 17.4. The predicted molar refractivity (Wildman–Crippen MR) is 87.7 cm³/mol. The first-order chi connectivity index (χ1) is 10.6. The minimum absolute atomic E-state index is 0.106. The van der Waals surface area contributed by atoms with Gasteiger partial charge in [0.1, 0.15) is 5.60 Å². The van der Waals surface area contributed by atoms with E-state index in [1.807, 2.05) is 6.92 Å². The number of amides is 1. The summed E-state index contributed by atoms with van der Waals surface area (Å²) >= 11 is 6.12. The molecule has 0 saturated heterocycles. The van der Waals surface area contributed by atoms with Crippen molar-refractivity contribution in [1.82, 2.24) is 4.90 Å². The van der Waals surface area contributed by atoms with Crippen molar-refractivity contribution in [2.45, 2.75) is 58.2 Å². The van der Waals surface area contributed by atoms with E-state index < -0.39 is 23.7 Å². The minimum atomic E-state index is -1.10. The summed E-state index contributed by atoms with van der Waals surface area (Å²) in [7, 11) is 0. The fraction of sp³-hybridized carbons (Fsp3) is 0.529. The van der Waals surface area contributed by atoms with Crippen molar-refractivity contribution in [3.63, 3.8) is 0 Å². The fourth-order valence-corrected chi connectivity index (χ4v) is 2.52. The van der Waals surface area contributed by atoms with E-state index >= 15 is 0 Å². The Balaban J connectivity index is 2.37. The lowest BCUT2D eigenvalue weighted by molar-refractivity contribution is -0.143. The molecule has 1 unspecified atom stereocenters. The minimum Gasteiger partial charge on any atom is -0.479 e. The third-order valence-electron chi connectivity index (χ3n) is 3.57. The van der Waals surface area contributed by atoms with Gasteiger partial charge >= 0.3 is 12.1 Å². The lowest BCUT2D eigenvalue weighted by atomic mass is 10.0. The zero-order valence-corrected chi connectivity index (χ0v) is 14.6. The first-order valence-corrected chi connectivity index (χ1v) is 7.98. The molecule has 6 heteroatoms. The number of nitrogens with zero attached hydrogens (tertiary/aromatic N) is 1. The summed E-state index contributed by atoms with van der Waals surface area (Å²) in [6.45, 7) is 7.12. The molecule has 1 N–H and O–H groups in total. The Labute approximate surface area is 141 Å². The normalized spacial score (nSPS) is 15.9. The highest BCUT2D eigenvalue weighted by Gasteiger charge is 2.43. The summed E-state index contributed by atoms with van der Waals surface area (Å²) in [4.78, 5) is 25.7. The number of carboxylic acid groups (broad SMARTS) is 1. The third kappa shape index (κ3) is 4.38. The maximum atomic E-state index is 12.5. The molecule has 126 valence electrons. The van der Waals surface area contributed by atoms with Gasteiger partial charge in [0.25, 0.3) is 0 Å². The smallest absolute Gasteiger partial charge is 0.411 e. The van der Waals surface area contributed by atoms with Crippen molar-refractivity contribution in [2.75, 3.05) is 0 Å². The molecule has 1 fully saturated rings. The molecular weight excluding hydrogens is 318 g/mol. The number of ether oxygens (including phenoxy) is 1. The number of hydrogen-bond donors (Lipinski definition) is 1. The first-order valence-electron chi connectivity index (χ1n) is 7.60. The maximum absolute atomic E-state index is 12.5. The molecule has 1 aromatic rings. The topological polar surface area (TPSA) is 66.8 Å². The quantitative estimate of drug-likeness (QED) is 0.893. The van der Waals surface area contributed by atoms with Crippen LogP contribution in [0.5, 0.6) is 0 Å². The SMILES string of the molecule is Cc1ccc(C(C(=O)O)N(C(=O)OC(C)(C)C)C2CC2)cc1Cl. The molecule has 23 heavy (non-hydrogen) atoms. The van der Waals surface area contributed by atoms with Crippen molar-refractivity contribution in [2.24, 2.45) is 0 Å². The number of hydrogen-bond acceptors (Lipinski definition) is 3. The number of carbonyl (C=O) groups is 2. The van der Waals surface area contributed by atoms with Gasteiger partial charge in [0.2, 0.25) is 0 Å². The molecule has 0 bridgehead atoms. The van der Waals surface area contributed by atoms with Crippen LogP contribution in [-0.4, -0.2) is 33.7 Å². The Morgan fingerprint density at radius 1 is 1.35 bits per heavy atom. The summed E-state index contributed by atoms with van der Waals surface area (Å²) in [6.07, 6.45) is 0.953. The first kappa shape index (κ1) is 17.6. The lowest BCUT2D eigenvalue weighted by Crippen LogP contribution is -2.43. The van der Waals surface area contributed by atoms with Crippen LogP contribution in [0.1, 0.15) is 50.8 Å². The fourth-order valence-electron chi connectivity index (χ4n) is 2.33. The zero-order valence-electron chi connectivity index (χ0n) is 13.8. The molecular formula is C17H22ClNO4. The molecule has 5 nitrogen and oxygen atoms in total. The van der Waals surface area contributed by atoms with E-state index in [0.29, 0.717) is 10.6 Å². The third-order valence-corrected chi connectivity index (χ3v) is 3.98. The van der Waals surface area contributed by atoms with Crippen LogP contribution in [0.25, 0.3) is 0 Å². The van der Waals surface area contributed by atoms with Crippen LogP contribution < -0.4 is 0 Å². The molecule has 1 aliphatic rings. The highest BCUT2D eigenvalue weighted by molar-refractivity contribution is 6.31. The van der Waals surface area contributed by atoms with Crippen molar-refractivity contribution < 1.29 is 19.4 Å². The van der Waals surface area contributed by atoms with Crippen molar-refractivity contribution >= 4 is 23.7 Å². The van der Waals surface area contributed by atoms with Crippen LogP contribution in [0, 0.1) is 6.92 Å². The maximum Gasteiger partial charge on any atom is 0.411 e. The second-order valence-electron chi connectivity index (χ2n) is 6.87. The molecule has 0 spiro atoms. The Bertz CT molecular complexity index is 620. The van der Waals surface area contributed by atoms with Crippen LogP contribution in [0.4, 0.5) is 4.79 Å². The van der Waals surface area contributed by atoms with E-state index in [0.717, 1.165) is 18.4 Å². The number of carbonyl (C=O) groups excluding carboxylic acids is 1. The van der Waals surface area contributed by atoms with Crippen molar-refractivity contribution in [1.29, 1.82) is 0 Å². The van der Waals surface area contributed by atoms with Crippen LogP contribution in [0.2, 0.25) is 5.02 Å². The molecule has 0 aromatic heterocycles. The molecule has 1 amide bonds. The molecule has 0 heterocycles. The van der Waals surface area contributed by atoms with Gasteiger partial charge in [-0.2, -0.15) is 0 Å². The second kappa shape index (κ2) is 6.40. The lowest BCUT2D eigenvalue weighted by Gasteiger charge is -2.32. The summed E-state index contributed by atoms with van der Waals surface area (Å²) in [5.41, 5.74) is 0.652. The molecule has 0 aliphatic heterocycles. The van der Waals surface area contributed by atoms with E-state index in [1.54, 1.807) is 39.0 Å². The van der Waals surface area contributed by atoms with E-state index in [4.69, 9.17) is 16.3 Å². The van der Waals surface area contributed by atoms with Crippen molar-refractivity contribution in [3.8, 4) is 0 Å². The average Bonchev–Trinajstić information content (AvgIpc) is 3.21. The average molecular weight is 340 g/mol. The van der Waals surface area contributed by atoms with Gasteiger partial charge in [0, 0.05) is 11.1 Å². The van der Waals surface area contributed by atoms with Gasteiger partial charge < -0.3 is 9.84 Å². The van der Waals surface area contributed by atoms with Gasteiger partial charge in [0.15, 0.2) is 6.04 Å². The number of benzene rings is 1. The molecule has 1 saturated carbocycles.